The number of carbonyl (C=O) groups is 3. The van der Waals surface area contributed by atoms with Gasteiger partial charge in [0.15, 0.2) is 5.78 Å². The van der Waals surface area contributed by atoms with Gasteiger partial charge in [0.25, 0.3) is 0 Å². The second-order valence-electron chi connectivity index (χ2n) is 2.99. The smallest absolute Gasteiger partial charge is 0.302 e. The van der Waals surface area contributed by atoms with Gasteiger partial charge >= 0.3 is 5.91 Å². The average Bonchev–Trinajstić information content (AvgIpc) is 2.52. The summed E-state index contributed by atoms with van der Waals surface area (Å²) in [6.45, 7) is 0.702. The zero-order valence-corrected chi connectivity index (χ0v) is 11.9. The number of Topliss-reactive ketones (excluding diaryl/α,β-unsaturated/α-hetero) is 2. The van der Waals surface area contributed by atoms with Crippen molar-refractivity contribution >= 4 is 34.6 Å². The van der Waals surface area contributed by atoms with Crippen LogP contribution in [0.2, 0.25) is 0 Å². The molecule has 0 aromatic carbocycles. The number of hydrogen-bond donors (Lipinski definition) is 7. The van der Waals surface area contributed by atoms with E-state index >= 15 is 0 Å². The summed E-state index contributed by atoms with van der Waals surface area (Å²) in [7, 11) is 0. The Morgan fingerprint density at radius 3 is 1.25 bits per heavy atom. The van der Waals surface area contributed by atoms with E-state index in [1.165, 1.54) is 0 Å². The van der Waals surface area contributed by atoms with Crippen LogP contribution in [0.25, 0.3) is 0 Å². The molecule has 0 spiro atoms. The SMILES string of the molecule is NCC(=O)C(=O)NN.NCC(=O)CN.NCC(=S)CN. The largest absolute Gasteiger partial charge is 0.326 e. The van der Waals surface area contributed by atoms with E-state index in [9.17, 15) is 14.4 Å². The predicted octanol–water partition coefficient (Wildman–Crippen LogP) is -4.75. The minimum Gasteiger partial charge on any atom is -0.326 e. The number of thiocarbonyl (C=S) groups is 1. The molecular formula is C9H23N7O3S. The van der Waals surface area contributed by atoms with Crippen molar-refractivity contribution in [2.45, 2.75) is 0 Å². The predicted molar refractivity (Wildman–Crippen MR) is 80.2 cm³/mol. The second-order valence-corrected chi connectivity index (χ2v) is 3.57. The third-order valence-corrected chi connectivity index (χ3v) is 1.81. The molecule has 0 fully saturated rings. The highest BCUT2D eigenvalue weighted by molar-refractivity contribution is 7.80. The van der Waals surface area contributed by atoms with E-state index in [0.29, 0.717) is 13.1 Å². The van der Waals surface area contributed by atoms with E-state index in [-0.39, 0.29) is 25.4 Å². The quantitative estimate of drug-likeness (QED) is 0.0815. The Hall–Kier alpha value is -1.34. The summed E-state index contributed by atoms with van der Waals surface area (Å²) in [4.78, 5) is 30.9. The molecule has 0 aliphatic rings. The van der Waals surface area contributed by atoms with Gasteiger partial charge in [-0.25, -0.2) is 5.84 Å². The number of ketones is 2. The van der Waals surface area contributed by atoms with Crippen LogP contribution >= 0.6 is 12.2 Å². The molecule has 10 nitrogen and oxygen atoms in total. The molecule has 0 unspecified atom stereocenters. The van der Waals surface area contributed by atoms with Gasteiger partial charge in [0.1, 0.15) is 0 Å². The first kappa shape index (κ1) is 23.7. The highest BCUT2D eigenvalue weighted by atomic mass is 32.1. The Bertz CT molecular complexity index is 270. The van der Waals surface area contributed by atoms with Crippen LogP contribution in [-0.2, 0) is 14.4 Å². The Morgan fingerprint density at radius 1 is 0.800 bits per heavy atom. The summed E-state index contributed by atoms with van der Waals surface area (Å²) >= 11 is 4.61. The Labute approximate surface area is 122 Å². The maximum Gasteiger partial charge on any atom is 0.302 e. The lowest BCUT2D eigenvalue weighted by Crippen LogP contribution is -2.39. The highest BCUT2D eigenvalue weighted by Gasteiger charge is 2.06. The molecule has 0 aromatic heterocycles. The molecule has 0 heterocycles. The van der Waals surface area contributed by atoms with Crippen LogP contribution in [0, 0.1) is 0 Å². The van der Waals surface area contributed by atoms with Gasteiger partial charge in [-0.05, 0) is 0 Å². The van der Waals surface area contributed by atoms with Crippen LogP contribution in [-0.4, -0.2) is 55.1 Å². The van der Waals surface area contributed by atoms with Gasteiger partial charge in [0.2, 0.25) is 5.78 Å². The first-order valence-electron chi connectivity index (χ1n) is 5.41. The van der Waals surface area contributed by atoms with Crippen molar-refractivity contribution in [3.63, 3.8) is 0 Å². The number of amides is 1. The van der Waals surface area contributed by atoms with Gasteiger partial charge in [-0.15, -0.1) is 0 Å². The number of hydrazine groups is 1. The molecule has 13 N–H and O–H groups in total. The molecule has 0 radical (unpaired) electrons. The molecule has 0 atom stereocenters. The Morgan fingerprint density at radius 2 is 1.20 bits per heavy atom. The van der Waals surface area contributed by atoms with E-state index < -0.39 is 11.7 Å². The van der Waals surface area contributed by atoms with Crippen molar-refractivity contribution in [1.29, 1.82) is 0 Å². The fraction of sp³-hybridized carbons (Fsp3) is 0.556. The Kier molecular flexibility index (Phi) is 21.0. The van der Waals surface area contributed by atoms with Gasteiger partial charge in [-0.2, -0.15) is 0 Å². The van der Waals surface area contributed by atoms with Crippen LogP contribution in [0.5, 0.6) is 0 Å². The minimum absolute atomic E-state index is 0.0660. The standard InChI is InChI=1S/C3H7N3O2.C3H8N2O.C3H8N2S/c4-1-2(7)3(8)6-5;2*4-1-3(6)2-5/h1,4-5H2,(H,6,8);2*1-2,4-5H2. The van der Waals surface area contributed by atoms with Crippen LogP contribution in [0.3, 0.4) is 0 Å². The number of nitrogens with one attached hydrogen (secondary N) is 1. The van der Waals surface area contributed by atoms with Crippen LogP contribution in [0.4, 0.5) is 0 Å². The van der Waals surface area contributed by atoms with Gasteiger partial charge in [-0.3, -0.25) is 19.8 Å². The fourth-order valence-electron chi connectivity index (χ4n) is 0.340. The van der Waals surface area contributed by atoms with Crippen LogP contribution in [0.1, 0.15) is 0 Å². The van der Waals surface area contributed by atoms with Crippen molar-refractivity contribution in [3.8, 4) is 0 Å². The summed E-state index contributed by atoms with van der Waals surface area (Å²) in [6.07, 6.45) is 0. The normalized spacial score (nSPS) is 8.30. The monoisotopic (exact) mass is 309 g/mol. The van der Waals surface area contributed by atoms with Gasteiger partial charge in [-0.1, -0.05) is 12.2 Å². The molecule has 0 aliphatic carbocycles. The first-order chi connectivity index (χ1) is 9.33. The van der Waals surface area contributed by atoms with Gasteiger partial charge in [0.05, 0.1) is 19.6 Å². The van der Waals surface area contributed by atoms with Crippen LogP contribution in [0.15, 0.2) is 0 Å². The number of rotatable bonds is 6. The van der Waals surface area contributed by atoms with E-state index in [4.69, 9.17) is 28.7 Å². The third kappa shape index (κ3) is 19.0. The summed E-state index contributed by atoms with van der Waals surface area (Å²) in [5.74, 6) is 2.90. The molecule has 118 valence electrons. The van der Waals surface area contributed by atoms with Crippen molar-refractivity contribution in [3.05, 3.63) is 0 Å². The molecule has 1 amide bonds. The first-order valence-corrected chi connectivity index (χ1v) is 5.82. The Balaban J connectivity index is -0.000000221. The molecule has 0 bridgehead atoms. The lowest BCUT2D eigenvalue weighted by atomic mass is 10.4. The minimum atomic E-state index is -0.854. The summed E-state index contributed by atoms with van der Waals surface area (Å²) in [6, 6.07) is 0. The summed E-state index contributed by atoms with van der Waals surface area (Å²) in [5.41, 5.74) is 26.3. The molecule has 11 heteroatoms. The van der Waals surface area contributed by atoms with Crippen molar-refractivity contribution in [2.24, 2.45) is 34.5 Å². The zero-order chi connectivity index (χ0) is 16.6. The number of carbonyl (C=O) groups excluding carboxylic acids is 3. The summed E-state index contributed by atoms with van der Waals surface area (Å²) in [5, 5.41) is 0. The average molecular weight is 309 g/mol. The zero-order valence-electron chi connectivity index (χ0n) is 11.1. The highest BCUT2D eigenvalue weighted by Crippen LogP contribution is 1.63. The molecule has 0 aromatic rings. The third-order valence-electron chi connectivity index (χ3n) is 1.48. The number of nitrogens with two attached hydrogens (primary N) is 6. The molecule has 0 rings (SSSR count). The molecule has 0 saturated heterocycles. The number of hydrogen-bond acceptors (Lipinski definition) is 10. The lowest BCUT2D eigenvalue weighted by molar-refractivity contribution is -0.137. The van der Waals surface area contributed by atoms with E-state index in [1.54, 1.807) is 5.43 Å². The van der Waals surface area contributed by atoms with E-state index in [2.05, 4.69) is 18.1 Å². The van der Waals surface area contributed by atoms with Gasteiger partial charge in [0, 0.05) is 18.0 Å². The van der Waals surface area contributed by atoms with E-state index in [0.717, 1.165) is 4.86 Å². The maximum absolute atomic E-state index is 10.1. The topological polar surface area (TPSA) is 219 Å². The fourth-order valence-corrected chi connectivity index (χ4v) is 0.340. The summed E-state index contributed by atoms with van der Waals surface area (Å²) < 4.78 is 0. The molecule has 20 heavy (non-hydrogen) atoms. The van der Waals surface area contributed by atoms with E-state index in [1.807, 2.05) is 0 Å². The van der Waals surface area contributed by atoms with Crippen molar-refractivity contribution < 1.29 is 14.4 Å². The second kappa shape index (κ2) is 17.7. The molecular weight excluding hydrogens is 286 g/mol. The van der Waals surface area contributed by atoms with Crippen LogP contribution < -0.4 is 39.9 Å². The molecule has 0 saturated carbocycles. The maximum atomic E-state index is 10.1. The lowest BCUT2D eigenvalue weighted by Gasteiger charge is -1.91. The van der Waals surface area contributed by atoms with Crippen molar-refractivity contribution in [1.82, 2.24) is 5.43 Å². The van der Waals surface area contributed by atoms with Crippen molar-refractivity contribution in [2.75, 3.05) is 32.7 Å². The molecule has 0 aliphatic heterocycles. The van der Waals surface area contributed by atoms with Gasteiger partial charge < -0.3 is 28.7 Å².